The van der Waals surface area contributed by atoms with E-state index in [1.54, 1.807) is 6.26 Å². The zero-order chi connectivity index (χ0) is 16.5. The standard InChI is InChI=1S/C16H21NO4S/c1-10-7-11(2)15-13(9-21-16(15)12(10)3)8-14(18)17-5-6-22(4,19)20/h7,9H,5-6,8H2,1-4H3,(H,17,18). The molecule has 1 heterocycles. The molecule has 0 bridgehead atoms. The molecule has 0 aliphatic heterocycles. The number of aryl methyl sites for hydroxylation is 3. The van der Waals surface area contributed by atoms with Gasteiger partial charge in [0.25, 0.3) is 0 Å². The minimum absolute atomic E-state index is 0.0534. The van der Waals surface area contributed by atoms with Crippen LogP contribution in [-0.2, 0) is 21.1 Å². The van der Waals surface area contributed by atoms with E-state index >= 15 is 0 Å². The van der Waals surface area contributed by atoms with Crippen LogP contribution in [0.2, 0.25) is 0 Å². The summed E-state index contributed by atoms with van der Waals surface area (Å²) in [5, 5.41) is 3.60. The van der Waals surface area contributed by atoms with Crippen LogP contribution in [0.4, 0.5) is 0 Å². The molecule has 1 amide bonds. The van der Waals surface area contributed by atoms with E-state index in [1.165, 1.54) is 0 Å². The van der Waals surface area contributed by atoms with Crippen LogP contribution in [0.15, 0.2) is 16.7 Å². The molecule has 0 aliphatic rings. The third-order valence-electron chi connectivity index (χ3n) is 3.77. The summed E-state index contributed by atoms with van der Waals surface area (Å²) < 4.78 is 27.7. The van der Waals surface area contributed by atoms with E-state index in [0.717, 1.165) is 39.5 Å². The van der Waals surface area contributed by atoms with Crippen molar-refractivity contribution in [2.24, 2.45) is 0 Å². The number of sulfone groups is 1. The molecule has 0 spiro atoms. The average Bonchev–Trinajstić information content (AvgIpc) is 2.78. The topological polar surface area (TPSA) is 76.4 Å². The van der Waals surface area contributed by atoms with Gasteiger partial charge in [-0.1, -0.05) is 6.07 Å². The van der Waals surface area contributed by atoms with Crippen LogP contribution in [0.1, 0.15) is 22.3 Å². The number of rotatable bonds is 5. The molecule has 5 nitrogen and oxygen atoms in total. The van der Waals surface area contributed by atoms with Gasteiger partial charge in [0.1, 0.15) is 15.4 Å². The van der Waals surface area contributed by atoms with Gasteiger partial charge >= 0.3 is 0 Å². The van der Waals surface area contributed by atoms with Crippen molar-refractivity contribution in [2.75, 3.05) is 18.6 Å². The fourth-order valence-corrected chi connectivity index (χ4v) is 3.00. The maximum absolute atomic E-state index is 12.0. The summed E-state index contributed by atoms with van der Waals surface area (Å²) in [6.07, 6.45) is 2.94. The lowest BCUT2D eigenvalue weighted by Gasteiger charge is -2.06. The molecule has 2 aromatic rings. The van der Waals surface area contributed by atoms with E-state index in [2.05, 4.69) is 11.4 Å². The normalized spacial score (nSPS) is 11.8. The third kappa shape index (κ3) is 3.68. The Kier molecular flexibility index (Phi) is 4.60. The molecule has 0 fully saturated rings. The first-order valence-electron chi connectivity index (χ1n) is 7.10. The smallest absolute Gasteiger partial charge is 0.224 e. The largest absolute Gasteiger partial charge is 0.464 e. The Bertz CT molecular complexity index is 818. The number of hydrogen-bond acceptors (Lipinski definition) is 4. The molecule has 1 aromatic heterocycles. The lowest BCUT2D eigenvalue weighted by atomic mass is 9.99. The maximum Gasteiger partial charge on any atom is 0.224 e. The second-order valence-corrected chi connectivity index (χ2v) is 8.02. The molecule has 120 valence electrons. The monoisotopic (exact) mass is 323 g/mol. The molecule has 6 heteroatoms. The molecular weight excluding hydrogens is 302 g/mol. The zero-order valence-electron chi connectivity index (χ0n) is 13.3. The molecule has 0 saturated heterocycles. The van der Waals surface area contributed by atoms with Crippen molar-refractivity contribution in [2.45, 2.75) is 27.2 Å². The first kappa shape index (κ1) is 16.5. The van der Waals surface area contributed by atoms with Crippen LogP contribution in [0.3, 0.4) is 0 Å². The van der Waals surface area contributed by atoms with Crippen molar-refractivity contribution in [3.63, 3.8) is 0 Å². The highest BCUT2D eigenvalue weighted by molar-refractivity contribution is 7.90. The number of nitrogens with one attached hydrogen (secondary N) is 1. The van der Waals surface area contributed by atoms with E-state index in [0.29, 0.717) is 0 Å². The molecule has 0 aliphatic carbocycles. The summed E-state index contributed by atoms with van der Waals surface area (Å²) >= 11 is 0. The number of carbonyl (C=O) groups excluding carboxylic acids is 1. The third-order valence-corrected chi connectivity index (χ3v) is 4.72. The van der Waals surface area contributed by atoms with Crippen molar-refractivity contribution in [1.82, 2.24) is 5.32 Å². The SMILES string of the molecule is Cc1cc(C)c2c(CC(=O)NCCS(C)(=O)=O)coc2c1C. The minimum atomic E-state index is -3.07. The molecule has 1 N–H and O–H groups in total. The minimum Gasteiger partial charge on any atom is -0.464 e. The molecule has 1 aromatic carbocycles. The Morgan fingerprint density at radius 3 is 2.55 bits per heavy atom. The van der Waals surface area contributed by atoms with Crippen molar-refractivity contribution in [1.29, 1.82) is 0 Å². The number of fused-ring (bicyclic) bond motifs is 1. The van der Waals surface area contributed by atoms with Crippen molar-refractivity contribution in [3.8, 4) is 0 Å². The first-order chi connectivity index (χ1) is 10.2. The quantitative estimate of drug-likeness (QED) is 0.914. The van der Waals surface area contributed by atoms with Gasteiger partial charge in [0.05, 0.1) is 18.4 Å². The number of amides is 1. The highest BCUT2D eigenvalue weighted by atomic mass is 32.2. The number of carbonyl (C=O) groups is 1. The Morgan fingerprint density at radius 2 is 1.91 bits per heavy atom. The molecule has 22 heavy (non-hydrogen) atoms. The van der Waals surface area contributed by atoms with Gasteiger partial charge in [0.2, 0.25) is 5.91 Å². The van der Waals surface area contributed by atoms with Gasteiger partial charge in [-0.15, -0.1) is 0 Å². The summed E-state index contributed by atoms with van der Waals surface area (Å²) in [5.74, 6) is -0.258. The molecule has 2 rings (SSSR count). The number of furan rings is 1. The van der Waals surface area contributed by atoms with Crippen molar-refractivity contribution < 1.29 is 17.6 Å². The predicted molar refractivity (Wildman–Crippen MR) is 86.8 cm³/mol. The van der Waals surface area contributed by atoms with Gasteiger partial charge in [0.15, 0.2) is 0 Å². The van der Waals surface area contributed by atoms with E-state index in [-0.39, 0.29) is 24.6 Å². The number of benzene rings is 1. The molecule has 0 unspecified atom stereocenters. The van der Waals surface area contributed by atoms with Crippen LogP contribution in [0.5, 0.6) is 0 Å². The van der Waals surface area contributed by atoms with Crippen LogP contribution >= 0.6 is 0 Å². The second-order valence-electron chi connectivity index (χ2n) is 5.76. The van der Waals surface area contributed by atoms with Crippen molar-refractivity contribution in [3.05, 3.63) is 34.6 Å². The van der Waals surface area contributed by atoms with E-state index in [4.69, 9.17) is 4.42 Å². The van der Waals surface area contributed by atoms with Crippen LogP contribution in [-0.4, -0.2) is 32.9 Å². The molecular formula is C16H21NO4S. The fourth-order valence-electron chi connectivity index (χ4n) is 2.53. The van der Waals surface area contributed by atoms with E-state index < -0.39 is 9.84 Å². The lowest BCUT2D eigenvalue weighted by molar-refractivity contribution is -0.120. The Labute approximate surface area is 130 Å². The summed E-state index contributed by atoms with van der Waals surface area (Å²) in [5.41, 5.74) is 4.95. The molecule has 0 atom stereocenters. The van der Waals surface area contributed by atoms with Gasteiger partial charge in [-0.3, -0.25) is 4.79 Å². The Balaban J connectivity index is 2.15. The first-order valence-corrected chi connectivity index (χ1v) is 9.16. The molecule has 0 saturated carbocycles. The van der Waals surface area contributed by atoms with Crippen LogP contribution < -0.4 is 5.32 Å². The Hall–Kier alpha value is -1.82. The zero-order valence-corrected chi connectivity index (χ0v) is 14.1. The second kappa shape index (κ2) is 6.12. The Morgan fingerprint density at radius 1 is 1.23 bits per heavy atom. The highest BCUT2D eigenvalue weighted by Gasteiger charge is 2.15. The van der Waals surface area contributed by atoms with Crippen LogP contribution in [0.25, 0.3) is 11.0 Å². The van der Waals surface area contributed by atoms with Crippen molar-refractivity contribution >= 4 is 26.7 Å². The van der Waals surface area contributed by atoms with Gasteiger partial charge < -0.3 is 9.73 Å². The summed E-state index contributed by atoms with van der Waals surface area (Å²) in [4.78, 5) is 12.0. The maximum atomic E-state index is 12.0. The highest BCUT2D eigenvalue weighted by Crippen LogP contribution is 2.30. The van der Waals surface area contributed by atoms with Gasteiger partial charge in [-0.25, -0.2) is 8.42 Å². The predicted octanol–water partition coefficient (Wildman–Crippen LogP) is 2.06. The summed E-state index contributed by atoms with van der Waals surface area (Å²) in [6.45, 7) is 6.15. The summed E-state index contributed by atoms with van der Waals surface area (Å²) in [7, 11) is -3.07. The van der Waals surface area contributed by atoms with E-state index in [9.17, 15) is 13.2 Å². The molecule has 0 radical (unpaired) electrons. The summed E-state index contributed by atoms with van der Waals surface area (Å²) in [6, 6.07) is 2.08. The fraction of sp³-hybridized carbons (Fsp3) is 0.438. The van der Waals surface area contributed by atoms with Gasteiger partial charge in [0, 0.05) is 23.8 Å². The van der Waals surface area contributed by atoms with Gasteiger partial charge in [-0.2, -0.15) is 0 Å². The van der Waals surface area contributed by atoms with Gasteiger partial charge in [-0.05, 0) is 37.5 Å². The van der Waals surface area contributed by atoms with Crippen LogP contribution in [0, 0.1) is 20.8 Å². The lowest BCUT2D eigenvalue weighted by Crippen LogP contribution is -2.29. The average molecular weight is 323 g/mol. The number of hydrogen-bond donors (Lipinski definition) is 1. The van der Waals surface area contributed by atoms with E-state index in [1.807, 2.05) is 20.8 Å².